The highest BCUT2D eigenvalue weighted by atomic mass is 16.5. The van der Waals surface area contributed by atoms with Crippen LogP contribution in [0.1, 0.15) is 19.3 Å². The molecule has 1 aliphatic rings. The molecule has 22 heavy (non-hydrogen) atoms. The van der Waals surface area contributed by atoms with Gasteiger partial charge < -0.3 is 24.8 Å². The van der Waals surface area contributed by atoms with Crippen molar-refractivity contribution >= 4 is 11.7 Å². The molecule has 2 rings (SSSR count). The topological polar surface area (TPSA) is 81.7 Å². The zero-order chi connectivity index (χ0) is 15.6. The average Bonchev–Trinajstić information content (AvgIpc) is 3.04. The van der Waals surface area contributed by atoms with Crippen molar-refractivity contribution < 1.29 is 19.0 Å². The lowest BCUT2D eigenvalue weighted by Gasteiger charge is -2.11. The van der Waals surface area contributed by atoms with E-state index in [0.29, 0.717) is 31.3 Å². The van der Waals surface area contributed by atoms with Crippen LogP contribution in [0, 0.1) is 0 Å². The van der Waals surface area contributed by atoms with Crippen LogP contribution in [0.15, 0.2) is 18.3 Å². The Hall–Kier alpha value is -1.86. The first-order valence-electron chi connectivity index (χ1n) is 7.53. The first-order chi connectivity index (χ1) is 10.8. The molecule has 1 atom stereocenters. The second kappa shape index (κ2) is 9.22. The summed E-state index contributed by atoms with van der Waals surface area (Å²) in [5.41, 5.74) is 0.539. The molecule has 2 heterocycles. The van der Waals surface area contributed by atoms with Crippen LogP contribution in [0.4, 0.5) is 10.5 Å². The first-order valence-corrected chi connectivity index (χ1v) is 7.53. The standard InChI is InChI=1S/C15H23N3O4/c1-20-14-13(6-2-7-16-14)18-15(19)17-8-4-9-21-11-12-5-3-10-22-12/h2,6-7,12H,3-5,8-11H2,1H3,(H2,17,18,19)/t12-/m1/s1. The second-order valence-electron chi connectivity index (χ2n) is 5.00. The van der Waals surface area contributed by atoms with E-state index in [1.54, 1.807) is 18.3 Å². The summed E-state index contributed by atoms with van der Waals surface area (Å²) in [4.78, 5) is 15.8. The second-order valence-corrected chi connectivity index (χ2v) is 5.00. The fourth-order valence-electron chi connectivity index (χ4n) is 2.18. The molecule has 2 amide bonds. The lowest BCUT2D eigenvalue weighted by molar-refractivity contribution is 0.0168. The smallest absolute Gasteiger partial charge is 0.319 e. The van der Waals surface area contributed by atoms with Crippen LogP contribution < -0.4 is 15.4 Å². The van der Waals surface area contributed by atoms with E-state index < -0.39 is 0 Å². The summed E-state index contributed by atoms with van der Waals surface area (Å²) in [6.07, 6.45) is 4.80. The van der Waals surface area contributed by atoms with Crippen LogP contribution in [0.3, 0.4) is 0 Å². The van der Waals surface area contributed by atoms with Gasteiger partial charge in [-0.1, -0.05) is 0 Å². The van der Waals surface area contributed by atoms with Gasteiger partial charge in [-0.2, -0.15) is 0 Å². The van der Waals surface area contributed by atoms with E-state index in [9.17, 15) is 4.79 Å². The van der Waals surface area contributed by atoms with E-state index in [1.165, 1.54) is 7.11 Å². The molecule has 0 radical (unpaired) electrons. The Labute approximate surface area is 130 Å². The molecular formula is C15H23N3O4. The van der Waals surface area contributed by atoms with E-state index in [4.69, 9.17) is 14.2 Å². The molecule has 1 saturated heterocycles. The van der Waals surface area contributed by atoms with Gasteiger partial charge in [0, 0.05) is 26.0 Å². The monoisotopic (exact) mass is 309 g/mol. The van der Waals surface area contributed by atoms with Crippen molar-refractivity contribution in [3.05, 3.63) is 18.3 Å². The van der Waals surface area contributed by atoms with Crippen molar-refractivity contribution in [2.75, 3.05) is 38.8 Å². The van der Waals surface area contributed by atoms with Gasteiger partial charge in [0.05, 0.1) is 19.8 Å². The number of pyridine rings is 1. The number of rotatable bonds is 8. The molecular weight excluding hydrogens is 286 g/mol. The van der Waals surface area contributed by atoms with E-state index in [1.807, 2.05) is 0 Å². The van der Waals surface area contributed by atoms with E-state index in [-0.39, 0.29) is 12.1 Å². The minimum atomic E-state index is -0.287. The minimum Gasteiger partial charge on any atom is -0.480 e. The van der Waals surface area contributed by atoms with Gasteiger partial charge in [0.15, 0.2) is 0 Å². The zero-order valence-electron chi connectivity index (χ0n) is 12.8. The number of nitrogens with one attached hydrogen (secondary N) is 2. The lowest BCUT2D eigenvalue weighted by Crippen LogP contribution is -2.30. The van der Waals surface area contributed by atoms with E-state index >= 15 is 0 Å². The van der Waals surface area contributed by atoms with Crippen molar-refractivity contribution in [3.63, 3.8) is 0 Å². The lowest BCUT2D eigenvalue weighted by atomic mass is 10.2. The van der Waals surface area contributed by atoms with Gasteiger partial charge in [0.2, 0.25) is 5.88 Å². The Balaban J connectivity index is 1.55. The third kappa shape index (κ3) is 5.50. The van der Waals surface area contributed by atoms with E-state index in [2.05, 4.69) is 15.6 Å². The highest BCUT2D eigenvalue weighted by Crippen LogP contribution is 2.19. The SMILES string of the molecule is COc1ncccc1NC(=O)NCCCOC[C@H]1CCCO1. The molecule has 0 aromatic carbocycles. The number of methoxy groups -OCH3 is 1. The van der Waals surface area contributed by atoms with Gasteiger partial charge >= 0.3 is 6.03 Å². The molecule has 0 bridgehead atoms. The molecule has 2 N–H and O–H groups in total. The maximum atomic E-state index is 11.8. The van der Waals surface area contributed by atoms with Crippen molar-refractivity contribution in [2.45, 2.75) is 25.4 Å². The Morgan fingerprint density at radius 2 is 2.45 bits per heavy atom. The minimum absolute atomic E-state index is 0.245. The Morgan fingerprint density at radius 1 is 1.55 bits per heavy atom. The zero-order valence-corrected chi connectivity index (χ0v) is 12.8. The molecule has 122 valence electrons. The fraction of sp³-hybridized carbons (Fsp3) is 0.600. The normalized spacial score (nSPS) is 17.2. The molecule has 0 unspecified atom stereocenters. The van der Waals surface area contributed by atoms with Gasteiger partial charge in [-0.05, 0) is 31.4 Å². The highest BCUT2D eigenvalue weighted by molar-refractivity contribution is 5.90. The summed E-state index contributed by atoms with van der Waals surface area (Å²) in [5.74, 6) is 0.387. The van der Waals surface area contributed by atoms with Gasteiger partial charge in [-0.15, -0.1) is 0 Å². The summed E-state index contributed by atoms with van der Waals surface area (Å²) >= 11 is 0. The number of hydrogen-bond acceptors (Lipinski definition) is 5. The number of urea groups is 1. The van der Waals surface area contributed by atoms with Crippen LogP contribution in [-0.4, -0.2) is 50.6 Å². The maximum Gasteiger partial charge on any atom is 0.319 e. The average molecular weight is 309 g/mol. The van der Waals surface area contributed by atoms with E-state index in [0.717, 1.165) is 25.9 Å². The molecule has 1 fully saturated rings. The van der Waals surface area contributed by atoms with Gasteiger partial charge in [0.1, 0.15) is 5.69 Å². The van der Waals surface area contributed by atoms with Crippen LogP contribution in [0.5, 0.6) is 5.88 Å². The molecule has 0 saturated carbocycles. The molecule has 1 aliphatic heterocycles. The van der Waals surface area contributed by atoms with Crippen molar-refractivity contribution in [2.24, 2.45) is 0 Å². The molecule has 0 aliphatic carbocycles. The Bertz CT molecular complexity index is 464. The third-order valence-electron chi connectivity index (χ3n) is 3.29. The van der Waals surface area contributed by atoms with Crippen LogP contribution in [0.2, 0.25) is 0 Å². The summed E-state index contributed by atoms with van der Waals surface area (Å²) in [5, 5.41) is 5.47. The number of ether oxygens (including phenoxy) is 3. The fourth-order valence-corrected chi connectivity index (χ4v) is 2.18. The first kappa shape index (κ1) is 16.5. The Kier molecular flexibility index (Phi) is 6.92. The van der Waals surface area contributed by atoms with Crippen molar-refractivity contribution in [1.82, 2.24) is 10.3 Å². The van der Waals surface area contributed by atoms with Gasteiger partial charge in [-0.3, -0.25) is 0 Å². The maximum absolute atomic E-state index is 11.8. The number of amides is 2. The van der Waals surface area contributed by atoms with Crippen LogP contribution in [0.25, 0.3) is 0 Å². The number of nitrogens with zero attached hydrogens (tertiary/aromatic N) is 1. The van der Waals surface area contributed by atoms with Crippen LogP contribution >= 0.6 is 0 Å². The molecule has 7 heteroatoms. The Morgan fingerprint density at radius 3 is 3.23 bits per heavy atom. The predicted molar refractivity (Wildman–Crippen MR) is 82.2 cm³/mol. The highest BCUT2D eigenvalue weighted by Gasteiger charge is 2.14. The van der Waals surface area contributed by atoms with Crippen molar-refractivity contribution in [3.8, 4) is 5.88 Å². The number of carbonyl (C=O) groups excluding carboxylic acids is 1. The summed E-state index contributed by atoms with van der Waals surface area (Å²) in [7, 11) is 1.51. The number of anilines is 1. The number of aromatic nitrogens is 1. The third-order valence-corrected chi connectivity index (χ3v) is 3.29. The number of carbonyl (C=O) groups is 1. The quantitative estimate of drug-likeness (QED) is 0.716. The largest absolute Gasteiger partial charge is 0.480 e. The van der Waals surface area contributed by atoms with Gasteiger partial charge in [0.25, 0.3) is 0 Å². The number of hydrogen-bond donors (Lipinski definition) is 2. The van der Waals surface area contributed by atoms with Gasteiger partial charge in [-0.25, -0.2) is 9.78 Å². The van der Waals surface area contributed by atoms with Crippen LogP contribution in [-0.2, 0) is 9.47 Å². The summed E-state index contributed by atoms with van der Waals surface area (Å²) < 4.78 is 16.1. The van der Waals surface area contributed by atoms with Crippen molar-refractivity contribution in [1.29, 1.82) is 0 Å². The molecule has 7 nitrogen and oxygen atoms in total. The predicted octanol–water partition coefficient (Wildman–Crippen LogP) is 1.80. The molecule has 1 aromatic rings. The summed E-state index contributed by atoms with van der Waals surface area (Å²) in [6, 6.07) is 3.18. The molecule has 0 spiro atoms. The summed E-state index contributed by atoms with van der Waals surface area (Å²) in [6.45, 7) is 2.63. The molecule has 1 aromatic heterocycles.